The van der Waals surface area contributed by atoms with E-state index in [4.69, 9.17) is 4.74 Å². The molecule has 2 amide bonds. The summed E-state index contributed by atoms with van der Waals surface area (Å²) in [6, 6.07) is 9.32. The quantitative estimate of drug-likeness (QED) is 0.846. The highest BCUT2D eigenvalue weighted by Crippen LogP contribution is 2.23. The summed E-state index contributed by atoms with van der Waals surface area (Å²) in [7, 11) is 1.63. The SMILES string of the molecule is COc1ccc2nc(C(=O)N3CCC(CN4CCCC4=O)C3)ccc2c1. The summed E-state index contributed by atoms with van der Waals surface area (Å²) in [6.45, 7) is 3.06. The van der Waals surface area contributed by atoms with Gasteiger partial charge in [0.05, 0.1) is 12.6 Å². The Morgan fingerprint density at radius 3 is 2.92 bits per heavy atom. The standard InChI is InChI=1S/C20H23N3O3/c1-26-16-5-7-17-15(11-16)4-6-18(21-17)20(25)23-10-8-14(13-23)12-22-9-2-3-19(22)24/h4-7,11,14H,2-3,8-10,12-13H2,1H3. The number of rotatable bonds is 4. The Morgan fingerprint density at radius 1 is 1.27 bits per heavy atom. The Balaban J connectivity index is 1.44. The van der Waals surface area contributed by atoms with Crippen LogP contribution in [0.15, 0.2) is 30.3 Å². The maximum Gasteiger partial charge on any atom is 0.272 e. The third kappa shape index (κ3) is 3.23. The Morgan fingerprint density at radius 2 is 2.15 bits per heavy atom. The largest absolute Gasteiger partial charge is 0.497 e. The molecule has 3 heterocycles. The molecule has 136 valence electrons. The highest BCUT2D eigenvalue weighted by Gasteiger charge is 2.31. The average Bonchev–Trinajstić information content (AvgIpc) is 3.30. The van der Waals surface area contributed by atoms with Crippen LogP contribution in [0.3, 0.4) is 0 Å². The monoisotopic (exact) mass is 353 g/mol. The van der Waals surface area contributed by atoms with Crippen LogP contribution in [0.25, 0.3) is 10.9 Å². The molecule has 0 N–H and O–H groups in total. The number of amides is 2. The molecule has 1 unspecified atom stereocenters. The van der Waals surface area contributed by atoms with Crippen molar-refractivity contribution in [2.24, 2.45) is 5.92 Å². The molecule has 1 aromatic carbocycles. The number of aromatic nitrogens is 1. The summed E-state index contributed by atoms with van der Waals surface area (Å²) in [5, 5.41) is 0.952. The minimum Gasteiger partial charge on any atom is -0.497 e. The Labute approximate surface area is 152 Å². The summed E-state index contributed by atoms with van der Waals surface area (Å²) >= 11 is 0. The molecule has 2 aliphatic heterocycles. The molecule has 6 nitrogen and oxygen atoms in total. The van der Waals surface area contributed by atoms with Crippen LogP contribution < -0.4 is 4.74 Å². The van der Waals surface area contributed by atoms with Gasteiger partial charge in [-0.1, -0.05) is 6.07 Å². The first-order valence-electron chi connectivity index (χ1n) is 9.16. The molecule has 0 radical (unpaired) electrons. The van der Waals surface area contributed by atoms with E-state index in [0.717, 1.165) is 49.1 Å². The highest BCUT2D eigenvalue weighted by molar-refractivity contribution is 5.95. The summed E-state index contributed by atoms with van der Waals surface area (Å²) in [5.74, 6) is 1.36. The third-order valence-electron chi connectivity index (χ3n) is 5.34. The average molecular weight is 353 g/mol. The van der Waals surface area contributed by atoms with Crippen molar-refractivity contribution in [3.8, 4) is 5.75 Å². The molecule has 26 heavy (non-hydrogen) atoms. The van der Waals surface area contributed by atoms with Gasteiger partial charge < -0.3 is 14.5 Å². The van der Waals surface area contributed by atoms with Gasteiger partial charge in [0.15, 0.2) is 0 Å². The van der Waals surface area contributed by atoms with Crippen molar-refractivity contribution in [1.29, 1.82) is 0 Å². The van der Waals surface area contributed by atoms with Gasteiger partial charge in [-0.2, -0.15) is 0 Å². The number of hydrogen-bond donors (Lipinski definition) is 0. The summed E-state index contributed by atoms with van der Waals surface area (Å²) < 4.78 is 5.22. The molecule has 2 aromatic rings. The number of carbonyl (C=O) groups is 2. The first kappa shape index (κ1) is 16.8. The van der Waals surface area contributed by atoms with E-state index in [1.54, 1.807) is 13.2 Å². The van der Waals surface area contributed by atoms with Crippen molar-refractivity contribution in [3.05, 3.63) is 36.0 Å². The number of benzene rings is 1. The zero-order chi connectivity index (χ0) is 18.1. The number of carbonyl (C=O) groups excluding carboxylic acids is 2. The number of fused-ring (bicyclic) bond motifs is 1. The number of methoxy groups -OCH3 is 1. The van der Waals surface area contributed by atoms with Gasteiger partial charge in [0.25, 0.3) is 5.91 Å². The smallest absolute Gasteiger partial charge is 0.272 e. The lowest BCUT2D eigenvalue weighted by molar-refractivity contribution is -0.128. The molecule has 2 fully saturated rings. The van der Waals surface area contributed by atoms with E-state index in [1.807, 2.05) is 34.1 Å². The van der Waals surface area contributed by atoms with Gasteiger partial charge in [0.1, 0.15) is 11.4 Å². The van der Waals surface area contributed by atoms with E-state index in [1.165, 1.54) is 0 Å². The molecule has 1 atom stereocenters. The Kier molecular flexibility index (Phi) is 4.49. The van der Waals surface area contributed by atoms with Crippen molar-refractivity contribution >= 4 is 22.7 Å². The molecule has 0 aliphatic carbocycles. The van der Waals surface area contributed by atoms with Crippen molar-refractivity contribution in [2.45, 2.75) is 19.3 Å². The predicted molar refractivity (Wildman–Crippen MR) is 98.1 cm³/mol. The fourth-order valence-corrected chi connectivity index (χ4v) is 3.89. The maximum absolute atomic E-state index is 12.8. The van der Waals surface area contributed by atoms with Gasteiger partial charge in [-0.3, -0.25) is 9.59 Å². The van der Waals surface area contributed by atoms with Crippen molar-refractivity contribution in [3.63, 3.8) is 0 Å². The van der Waals surface area contributed by atoms with Crippen LogP contribution in [-0.4, -0.2) is 59.9 Å². The molecular weight excluding hydrogens is 330 g/mol. The first-order chi connectivity index (χ1) is 12.6. The van der Waals surface area contributed by atoms with Crippen LogP contribution in [0, 0.1) is 5.92 Å². The summed E-state index contributed by atoms with van der Waals surface area (Å²) in [4.78, 5) is 32.9. The summed E-state index contributed by atoms with van der Waals surface area (Å²) in [5.41, 5.74) is 1.26. The molecule has 4 rings (SSSR count). The number of nitrogens with zero attached hydrogens (tertiary/aromatic N) is 3. The van der Waals surface area contributed by atoms with E-state index in [9.17, 15) is 9.59 Å². The lowest BCUT2D eigenvalue weighted by Gasteiger charge is -2.21. The van der Waals surface area contributed by atoms with Crippen LogP contribution in [-0.2, 0) is 4.79 Å². The molecule has 2 saturated heterocycles. The minimum absolute atomic E-state index is 0.0297. The molecule has 0 spiro atoms. The van der Waals surface area contributed by atoms with Crippen LogP contribution in [0.4, 0.5) is 0 Å². The van der Waals surface area contributed by atoms with Crippen molar-refractivity contribution in [2.75, 3.05) is 33.3 Å². The van der Waals surface area contributed by atoms with Crippen LogP contribution in [0.2, 0.25) is 0 Å². The van der Waals surface area contributed by atoms with Crippen LogP contribution >= 0.6 is 0 Å². The molecule has 0 bridgehead atoms. The highest BCUT2D eigenvalue weighted by atomic mass is 16.5. The van der Waals surface area contributed by atoms with Gasteiger partial charge >= 0.3 is 0 Å². The first-order valence-corrected chi connectivity index (χ1v) is 9.16. The van der Waals surface area contributed by atoms with Gasteiger partial charge in [0, 0.05) is 38.0 Å². The molecule has 1 aromatic heterocycles. The minimum atomic E-state index is -0.0297. The van der Waals surface area contributed by atoms with Gasteiger partial charge in [0.2, 0.25) is 5.91 Å². The second-order valence-electron chi connectivity index (χ2n) is 7.10. The Bertz CT molecular complexity index is 851. The zero-order valence-corrected chi connectivity index (χ0v) is 15.0. The van der Waals surface area contributed by atoms with Gasteiger partial charge in [-0.25, -0.2) is 4.98 Å². The number of likely N-dealkylation sites (tertiary alicyclic amines) is 2. The maximum atomic E-state index is 12.8. The molecular formula is C20H23N3O3. The lowest BCUT2D eigenvalue weighted by atomic mass is 10.1. The second-order valence-corrected chi connectivity index (χ2v) is 7.10. The topological polar surface area (TPSA) is 62.7 Å². The fourth-order valence-electron chi connectivity index (χ4n) is 3.89. The van der Waals surface area contributed by atoms with Gasteiger partial charge in [-0.15, -0.1) is 0 Å². The van der Waals surface area contributed by atoms with Crippen LogP contribution in [0.1, 0.15) is 29.8 Å². The second kappa shape index (κ2) is 6.94. The zero-order valence-electron chi connectivity index (χ0n) is 15.0. The molecule has 2 aliphatic rings. The molecule has 6 heteroatoms. The fraction of sp³-hybridized carbons (Fsp3) is 0.450. The van der Waals surface area contributed by atoms with Crippen LogP contribution in [0.5, 0.6) is 5.75 Å². The third-order valence-corrected chi connectivity index (χ3v) is 5.34. The normalized spacial score (nSPS) is 20.2. The van der Waals surface area contributed by atoms with E-state index in [-0.39, 0.29) is 11.8 Å². The van der Waals surface area contributed by atoms with E-state index >= 15 is 0 Å². The van der Waals surface area contributed by atoms with Gasteiger partial charge in [-0.05, 0) is 43.0 Å². The molecule has 0 saturated carbocycles. The van der Waals surface area contributed by atoms with E-state index < -0.39 is 0 Å². The number of hydrogen-bond acceptors (Lipinski definition) is 4. The summed E-state index contributed by atoms with van der Waals surface area (Å²) in [6.07, 6.45) is 2.57. The van der Waals surface area contributed by atoms with E-state index in [2.05, 4.69) is 4.98 Å². The predicted octanol–water partition coefficient (Wildman–Crippen LogP) is 2.33. The number of pyridine rings is 1. The number of ether oxygens (including phenoxy) is 1. The van der Waals surface area contributed by atoms with E-state index in [0.29, 0.717) is 24.6 Å². The lowest BCUT2D eigenvalue weighted by Crippen LogP contribution is -2.34. The Hall–Kier alpha value is -2.63. The van der Waals surface area contributed by atoms with Crippen molar-refractivity contribution < 1.29 is 14.3 Å². The van der Waals surface area contributed by atoms with Crippen molar-refractivity contribution in [1.82, 2.24) is 14.8 Å².